The molecular formula is C39H39F2N7O3. The number of aromatic nitrogens is 5. The van der Waals surface area contributed by atoms with E-state index < -0.39 is 17.1 Å². The second kappa shape index (κ2) is 13.5. The van der Waals surface area contributed by atoms with Crippen LogP contribution >= 0.6 is 0 Å². The summed E-state index contributed by atoms with van der Waals surface area (Å²) in [5.41, 5.74) is 3.69. The van der Waals surface area contributed by atoms with Crippen molar-refractivity contribution in [1.29, 1.82) is 0 Å². The summed E-state index contributed by atoms with van der Waals surface area (Å²) in [6.07, 6.45) is 9.28. The fourth-order valence-corrected chi connectivity index (χ4v) is 7.53. The molecule has 4 aromatic heterocycles. The zero-order valence-electron chi connectivity index (χ0n) is 28.3. The van der Waals surface area contributed by atoms with E-state index in [2.05, 4.69) is 27.2 Å². The Kier molecular flexibility index (Phi) is 8.73. The normalized spacial score (nSPS) is 17.9. The first-order valence-corrected chi connectivity index (χ1v) is 17.5. The second-order valence-electron chi connectivity index (χ2n) is 14.1. The number of benzene rings is 2. The van der Waals surface area contributed by atoms with Crippen molar-refractivity contribution < 1.29 is 13.9 Å². The lowest BCUT2D eigenvalue weighted by molar-refractivity contribution is 0.279. The van der Waals surface area contributed by atoms with Gasteiger partial charge in [0.25, 0.3) is 5.56 Å². The van der Waals surface area contributed by atoms with E-state index in [-0.39, 0.29) is 34.7 Å². The van der Waals surface area contributed by atoms with Crippen molar-refractivity contribution in [2.24, 2.45) is 5.92 Å². The molecule has 0 amide bonds. The maximum atomic E-state index is 14.6. The predicted molar refractivity (Wildman–Crippen MR) is 191 cm³/mol. The number of pyridine rings is 2. The van der Waals surface area contributed by atoms with Gasteiger partial charge in [0.05, 0.1) is 23.0 Å². The van der Waals surface area contributed by atoms with Crippen molar-refractivity contribution in [1.82, 2.24) is 33.7 Å². The number of hydrogen-bond donors (Lipinski definition) is 2. The maximum Gasteiger partial charge on any atom is 0.337 e. The van der Waals surface area contributed by atoms with Crippen LogP contribution in [0.4, 0.5) is 8.78 Å². The Hall–Kier alpha value is -5.20. The number of fused-ring (bicyclic) bond motifs is 2. The van der Waals surface area contributed by atoms with Crippen LogP contribution in [0.2, 0.25) is 0 Å². The highest BCUT2D eigenvalue weighted by atomic mass is 19.1. The molecule has 0 bridgehead atoms. The second-order valence-corrected chi connectivity index (χ2v) is 14.1. The van der Waals surface area contributed by atoms with Gasteiger partial charge in [-0.1, -0.05) is 18.2 Å². The minimum absolute atomic E-state index is 0.0376. The molecule has 51 heavy (non-hydrogen) atoms. The molecule has 10 nitrogen and oxygen atoms in total. The Balaban J connectivity index is 1.09. The van der Waals surface area contributed by atoms with Crippen LogP contribution in [0.25, 0.3) is 33.5 Å². The fraction of sp³-hybridized carbons (Fsp3) is 0.333. The van der Waals surface area contributed by atoms with E-state index in [9.17, 15) is 23.5 Å². The number of aromatic hydroxyl groups is 1. The van der Waals surface area contributed by atoms with Gasteiger partial charge in [-0.05, 0) is 111 Å². The topological polar surface area (TPSA) is 110 Å². The predicted octanol–water partition coefficient (Wildman–Crippen LogP) is 5.96. The molecule has 0 spiro atoms. The minimum atomic E-state index is -0.656. The molecule has 2 saturated carbocycles. The molecule has 0 unspecified atom stereocenters. The summed E-state index contributed by atoms with van der Waals surface area (Å²) >= 11 is 0. The SMILES string of the molecule is CN(Cc1cc(O)ccc1-c1cccc(-n2c(=O)n([C@H]3CC[C@@H](NCc4cn5cc(F)ccc5n4)CC3)c(=O)c3cc(F)cnc32)c1)CC1CC1. The van der Waals surface area contributed by atoms with Gasteiger partial charge >= 0.3 is 5.69 Å². The number of nitrogens with zero attached hydrogens (tertiary/aromatic N) is 6. The molecule has 6 aromatic rings. The smallest absolute Gasteiger partial charge is 0.337 e. The standard InChI is InChI=1S/C39H39F2N7O3/c1-45(20-24-5-6-24)21-26-16-33(49)12-13-34(26)25-3-2-4-32(15-25)47-37-35(17-28(41)18-43-37)38(50)48(39(47)51)31-10-8-29(9-11-31)42-19-30-23-46-22-27(40)7-14-36(46)44-30/h2-4,7,12-18,22-24,29,31,42,49H,5-6,8-11,19-21H2,1H3/t29-,31+. The van der Waals surface area contributed by atoms with Crippen LogP contribution in [0.3, 0.4) is 0 Å². The summed E-state index contributed by atoms with van der Waals surface area (Å²) in [5, 5.41) is 13.9. The molecule has 2 fully saturated rings. The van der Waals surface area contributed by atoms with Crippen LogP contribution in [-0.2, 0) is 13.1 Å². The molecule has 0 aliphatic heterocycles. The van der Waals surface area contributed by atoms with E-state index in [0.29, 0.717) is 50.1 Å². The van der Waals surface area contributed by atoms with Gasteiger partial charge in [0.1, 0.15) is 23.0 Å². The molecular weight excluding hydrogens is 652 g/mol. The van der Waals surface area contributed by atoms with Crippen LogP contribution in [0.1, 0.15) is 55.8 Å². The van der Waals surface area contributed by atoms with Crippen molar-refractivity contribution in [3.05, 3.63) is 123 Å². The van der Waals surface area contributed by atoms with Gasteiger partial charge in [0.15, 0.2) is 5.65 Å². The van der Waals surface area contributed by atoms with Gasteiger partial charge in [-0.3, -0.25) is 9.36 Å². The van der Waals surface area contributed by atoms with E-state index in [0.717, 1.165) is 47.1 Å². The van der Waals surface area contributed by atoms with Crippen LogP contribution in [0, 0.1) is 17.6 Å². The van der Waals surface area contributed by atoms with Crippen molar-refractivity contribution in [3.8, 4) is 22.6 Å². The largest absolute Gasteiger partial charge is 0.508 e. The molecule has 12 heteroatoms. The van der Waals surface area contributed by atoms with Gasteiger partial charge in [0, 0.05) is 44.1 Å². The molecule has 4 heterocycles. The van der Waals surface area contributed by atoms with Crippen molar-refractivity contribution >= 4 is 16.7 Å². The molecule has 2 aliphatic rings. The van der Waals surface area contributed by atoms with Gasteiger partial charge in [0.2, 0.25) is 0 Å². The van der Waals surface area contributed by atoms with Gasteiger partial charge < -0.3 is 19.7 Å². The average Bonchev–Trinajstić information content (AvgIpc) is 3.84. The number of hydrogen-bond acceptors (Lipinski definition) is 7. The van der Waals surface area contributed by atoms with Crippen LogP contribution in [-0.4, -0.2) is 53.1 Å². The first-order chi connectivity index (χ1) is 24.7. The highest BCUT2D eigenvalue weighted by molar-refractivity contribution is 5.77. The third kappa shape index (κ3) is 6.81. The average molecular weight is 692 g/mol. The summed E-state index contributed by atoms with van der Waals surface area (Å²) in [7, 11) is 2.08. The number of phenolic OH excluding ortho intramolecular Hbond substituents is 1. The third-order valence-electron chi connectivity index (χ3n) is 10.2. The Morgan fingerprint density at radius 3 is 2.57 bits per heavy atom. The molecule has 0 saturated heterocycles. The molecule has 2 aliphatic carbocycles. The maximum absolute atomic E-state index is 14.6. The molecule has 0 radical (unpaired) electrons. The highest BCUT2D eigenvalue weighted by Gasteiger charge is 2.28. The van der Waals surface area contributed by atoms with Crippen LogP contribution in [0.15, 0.2) is 88.8 Å². The Bertz CT molecular complexity index is 2370. The summed E-state index contributed by atoms with van der Waals surface area (Å²) in [6, 6.07) is 16.7. The van der Waals surface area contributed by atoms with E-state index in [1.165, 1.54) is 34.2 Å². The summed E-state index contributed by atoms with van der Waals surface area (Å²) in [5.74, 6) is -0.0883. The summed E-state index contributed by atoms with van der Waals surface area (Å²) in [6.45, 7) is 2.14. The monoisotopic (exact) mass is 691 g/mol. The lowest BCUT2D eigenvalue weighted by Crippen LogP contribution is -2.44. The first kappa shape index (κ1) is 33.0. The number of nitrogens with one attached hydrogen (secondary N) is 1. The number of rotatable bonds is 10. The molecule has 2 aromatic carbocycles. The molecule has 0 atom stereocenters. The first-order valence-electron chi connectivity index (χ1n) is 17.5. The zero-order valence-corrected chi connectivity index (χ0v) is 28.3. The van der Waals surface area contributed by atoms with E-state index in [1.807, 2.05) is 24.3 Å². The molecule has 8 rings (SSSR count). The van der Waals surface area contributed by atoms with E-state index in [4.69, 9.17) is 0 Å². The zero-order chi connectivity index (χ0) is 35.2. The fourth-order valence-electron chi connectivity index (χ4n) is 7.53. The molecule has 2 N–H and O–H groups in total. The Morgan fingerprint density at radius 2 is 1.76 bits per heavy atom. The Labute approximate surface area is 292 Å². The number of halogens is 2. The lowest BCUT2D eigenvalue weighted by Gasteiger charge is -2.30. The number of imidazole rings is 1. The lowest BCUT2D eigenvalue weighted by atomic mass is 9.91. The summed E-state index contributed by atoms with van der Waals surface area (Å²) < 4.78 is 32.6. The van der Waals surface area contributed by atoms with Crippen molar-refractivity contribution in [2.45, 2.75) is 63.7 Å². The highest BCUT2D eigenvalue weighted by Crippen LogP contribution is 2.33. The minimum Gasteiger partial charge on any atom is -0.508 e. The molecule has 262 valence electrons. The quantitative estimate of drug-likeness (QED) is 0.183. The summed E-state index contributed by atoms with van der Waals surface area (Å²) in [4.78, 5) is 39.4. The van der Waals surface area contributed by atoms with Crippen LogP contribution in [0.5, 0.6) is 5.75 Å². The number of phenols is 1. The van der Waals surface area contributed by atoms with Crippen molar-refractivity contribution in [3.63, 3.8) is 0 Å². The Morgan fingerprint density at radius 1 is 0.941 bits per heavy atom. The third-order valence-corrected chi connectivity index (χ3v) is 10.2. The van der Waals surface area contributed by atoms with Crippen molar-refractivity contribution in [2.75, 3.05) is 13.6 Å². The van der Waals surface area contributed by atoms with E-state index in [1.54, 1.807) is 34.9 Å². The van der Waals surface area contributed by atoms with E-state index >= 15 is 0 Å². The van der Waals surface area contributed by atoms with Crippen LogP contribution < -0.4 is 16.6 Å². The van der Waals surface area contributed by atoms with Gasteiger partial charge in [-0.25, -0.2) is 28.1 Å². The van der Waals surface area contributed by atoms with Gasteiger partial charge in [-0.2, -0.15) is 0 Å². The van der Waals surface area contributed by atoms with Gasteiger partial charge in [-0.15, -0.1) is 0 Å².